The maximum absolute atomic E-state index is 12.3. The Balaban J connectivity index is 1.56. The molecule has 1 saturated heterocycles. The van der Waals surface area contributed by atoms with Crippen LogP contribution in [0.15, 0.2) is 48.5 Å². The van der Waals surface area contributed by atoms with E-state index in [0.29, 0.717) is 12.5 Å². The van der Waals surface area contributed by atoms with Crippen LogP contribution in [0.1, 0.15) is 31.7 Å². The van der Waals surface area contributed by atoms with Crippen LogP contribution in [0.25, 0.3) is 0 Å². The fourth-order valence-corrected chi connectivity index (χ4v) is 3.12. The monoisotopic (exact) mass is 367 g/mol. The highest BCUT2D eigenvalue weighted by molar-refractivity contribution is 5.97. The largest absolute Gasteiger partial charge is 0.497 e. The van der Waals surface area contributed by atoms with Gasteiger partial charge in [-0.25, -0.2) is 4.79 Å². The summed E-state index contributed by atoms with van der Waals surface area (Å²) in [6.07, 6.45) is 0.283. The first-order valence-electron chi connectivity index (χ1n) is 9.08. The second-order valence-electron chi connectivity index (χ2n) is 6.98. The van der Waals surface area contributed by atoms with Gasteiger partial charge >= 0.3 is 6.03 Å². The fraction of sp³-hybridized carbons (Fsp3) is 0.333. The number of carbonyl (C=O) groups excluding carboxylic acids is 2. The van der Waals surface area contributed by atoms with Crippen molar-refractivity contribution in [2.24, 2.45) is 0 Å². The molecule has 6 nitrogen and oxygen atoms in total. The lowest BCUT2D eigenvalue weighted by molar-refractivity contribution is -0.117. The molecular formula is C21H25N3O3. The highest BCUT2D eigenvalue weighted by Gasteiger charge is 2.31. The van der Waals surface area contributed by atoms with Crippen LogP contribution in [0.5, 0.6) is 5.75 Å². The van der Waals surface area contributed by atoms with Crippen LogP contribution in [0.3, 0.4) is 0 Å². The predicted octanol–water partition coefficient (Wildman–Crippen LogP) is 3.75. The smallest absolute Gasteiger partial charge is 0.319 e. The van der Waals surface area contributed by atoms with Crippen molar-refractivity contribution in [3.63, 3.8) is 0 Å². The van der Waals surface area contributed by atoms with Gasteiger partial charge in [0.1, 0.15) is 5.75 Å². The first kappa shape index (κ1) is 18.8. The number of benzene rings is 2. The lowest BCUT2D eigenvalue weighted by Crippen LogP contribution is -2.39. The molecule has 0 aliphatic carbocycles. The maximum Gasteiger partial charge on any atom is 0.319 e. The fourth-order valence-electron chi connectivity index (χ4n) is 3.12. The summed E-state index contributed by atoms with van der Waals surface area (Å²) in [5, 5.41) is 5.70. The number of hydrogen-bond donors (Lipinski definition) is 2. The lowest BCUT2D eigenvalue weighted by Gasteiger charge is -2.18. The average Bonchev–Trinajstić information content (AvgIpc) is 3.02. The quantitative estimate of drug-likeness (QED) is 0.846. The number of anilines is 2. The zero-order valence-electron chi connectivity index (χ0n) is 15.9. The second kappa shape index (κ2) is 8.12. The van der Waals surface area contributed by atoms with Gasteiger partial charge in [-0.15, -0.1) is 0 Å². The molecule has 1 aliphatic heterocycles. The summed E-state index contributed by atoms with van der Waals surface area (Å²) >= 11 is 0. The maximum atomic E-state index is 12.3. The number of urea groups is 1. The van der Waals surface area contributed by atoms with Crippen LogP contribution in [-0.2, 0) is 4.79 Å². The van der Waals surface area contributed by atoms with E-state index in [0.717, 1.165) is 17.1 Å². The molecule has 2 aromatic rings. The van der Waals surface area contributed by atoms with Crippen LogP contribution in [0.4, 0.5) is 16.2 Å². The summed E-state index contributed by atoms with van der Waals surface area (Å²) in [5.41, 5.74) is 2.75. The van der Waals surface area contributed by atoms with E-state index >= 15 is 0 Å². The van der Waals surface area contributed by atoms with E-state index in [2.05, 4.69) is 24.5 Å². The van der Waals surface area contributed by atoms with Gasteiger partial charge in [0.05, 0.1) is 13.2 Å². The molecule has 1 fully saturated rings. The molecule has 0 unspecified atom stereocenters. The van der Waals surface area contributed by atoms with Gasteiger partial charge in [-0.05, 0) is 47.9 Å². The highest BCUT2D eigenvalue weighted by atomic mass is 16.5. The zero-order valence-corrected chi connectivity index (χ0v) is 15.9. The molecule has 142 valence electrons. The summed E-state index contributed by atoms with van der Waals surface area (Å²) in [4.78, 5) is 26.2. The van der Waals surface area contributed by atoms with Gasteiger partial charge in [0.15, 0.2) is 0 Å². The molecule has 0 saturated carbocycles. The summed E-state index contributed by atoms with van der Waals surface area (Å²) in [7, 11) is 1.60. The Kier molecular flexibility index (Phi) is 5.64. The van der Waals surface area contributed by atoms with E-state index in [1.807, 2.05) is 48.5 Å². The molecule has 0 spiro atoms. The van der Waals surface area contributed by atoms with Crippen molar-refractivity contribution < 1.29 is 14.3 Å². The first-order valence-corrected chi connectivity index (χ1v) is 9.08. The Morgan fingerprint density at radius 3 is 2.37 bits per heavy atom. The van der Waals surface area contributed by atoms with Crippen molar-refractivity contribution in [2.45, 2.75) is 32.2 Å². The minimum Gasteiger partial charge on any atom is -0.497 e. The van der Waals surface area contributed by atoms with Crippen LogP contribution >= 0.6 is 0 Å². The molecule has 0 bridgehead atoms. The molecule has 1 atom stereocenters. The Morgan fingerprint density at radius 1 is 1.11 bits per heavy atom. The van der Waals surface area contributed by atoms with Gasteiger partial charge in [-0.1, -0.05) is 26.0 Å². The molecule has 0 radical (unpaired) electrons. The number of amides is 3. The Labute approximate surface area is 159 Å². The van der Waals surface area contributed by atoms with Crippen molar-refractivity contribution in [1.29, 1.82) is 0 Å². The van der Waals surface area contributed by atoms with Gasteiger partial charge < -0.3 is 20.3 Å². The number of nitrogens with zero attached hydrogens (tertiary/aromatic N) is 1. The molecule has 2 N–H and O–H groups in total. The van der Waals surface area contributed by atoms with Gasteiger partial charge in [0.25, 0.3) is 0 Å². The van der Waals surface area contributed by atoms with Crippen molar-refractivity contribution in [1.82, 2.24) is 5.32 Å². The van der Waals surface area contributed by atoms with Crippen molar-refractivity contribution in [2.75, 3.05) is 23.9 Å². The van der Waals surface area contributed by atoms with Gasteiger partial charge in [-0.3, -0.25) is 4.79 Å². The molecule has 6 heteroatoms. The van der Waals surface area contributed by atoms with E-state index < -0.39 is 0 Å². The number of rotatable bonds is 5. The van der Waals surface area contributed by atoms with Crippen molar-refractivity contribution >= 4 is 23.3 Å². The van der Waals surface area contributed by atoms with Gasteiger partial charge in [0.2, 0.25) is 5.91 Å². The third-order valence-corrected chi connectivity index (χ3v) is 4.68. The summed E-state index contributed by atoms with van der Waals surface area (Å²) < 4.78 is 5.14. The van der Waals surface area contributed by atoms with E-state index in [-0.39, 0.29) is 24.4 Å². The third kappa shape index (κ3) is 4.58. The van der Waals surface area contributed by atoms with Crippen molar-refractivity contribution in [3.8, 4) is 5.75 Å². The molecular weight excluding hydrogens is 342 g/mol. The third-order valence-electron chi connectivity index (χ3n) is 4.68. The molecule has 1 heterocycles. The van der Waals surface area contributed by atoms with E-state index in [1.165, 1.54) is 5.56 Å². The number of hydrogen-bond acceptors (Lipinski definition) is 3. The average molecular weight is 367 g/mol. The SMILES string of the molecule is COc1ccc(N2C[C@@H](NC(=O)Nc3ccc(C(C)C)cc3)CC2=O)cc1. The number of ether oxygens (including phenoxy) is 1. The Morgan fingerprint density at radius 2 is 1.78 bits per heavy atom. The minimum absolute atomic E-state index is 0.00764. The van der Waals surface area contributed by atoms with Crippen LogP contribution < -0.4 is 20.3 Å². The second-order valence-corrected chi connectivity index (χ2v) is 6.98. The minimum atomic E-state index is -0.304. The predicted molar refractivity (Wildman–Crippen MR) is 106 cm³/mol. The lowest BCUT2D eigenvalue weighted by atomic mass is 10.0. The normalized spacial score (nSPS) is 16.5. The summed E-state index contributed by atoms with van der Waals surface area (Å²) in [6.45, 7) is 4.70. The Hall–Kier alpha value is -3.02. The van der Waals surface area contributed by atoms with Gasteiger partial charge in [0, 0.05) is 24.3 Å². The molecule has 1 aliphatic rings. The van der Waals surface area contributed by atoms with Crippen LogP contribution in [0, 0.1) is 0 Å². The number of nitrogens with one attached hydrogen (secondary N) is 2. The number of carbonyl (C=O) groups is 2. The molecule has 27 heavy (non-hydrogen) atoms. The molecule has 0 aromatic heterocycles. The summed E-state index contributed by atoms with van der Waals surface area (Å²) in [5.74, 6) is 1.18. The van der Waals surface area contributed by atoms with E-state index in [4.69, 9.17) is 4.74 Å². The van der Waals surface area contributed by atoms with E-state index in [9.17, 15) is 9.59 Å². The standard InChI is InChI=1S/C21H25N3O3/c1-14(2)15-4-6-16(7-5-15)22-21(26)23-17-12-20(25)24(13-17)18-8-10-19(27-3)11-9-18/h4-11,14,17H,12-13H2,1-3H3,(H2,22,23,26)/t17-/m0/s1. The molecule has 2 aromatic carbocycles. The highest BCUT2D eigenvalue weighted by Crippen LogP contribution is 2.24. The van der Waals surface area contributed by atoms with Crippen LogP contribution in [-0.4, -0.2) is 31.6 Å². The first-order chi connectivity index (χ1) is 13.0. The molecule has 3 amide bonds. The van der Waals surface area contributed by atoms with Crippen molar-refractivity contribution in [3.05, 3.63) is 54.1 Å². The number of methoxy groups -OCH3 is 1. The summed E-state index contributed by atoms with van der Waals surface area (Å²) in [6, 6.07) is 14.6. The topological polar surface area (TPSA) is 70.7 Å². The van der Waals surface area contributed by atoms with Crippen LogP contribution in [0.2, 0.25) is 0 Å². The van der Waals surface area contributed by atoms with Gasteiger partial charge in [-0.2, -0.15) is 0 Å². The zero-order chi connectivity index (χ0) is 19.4. The Bertz CT molecular complexity index is 800. The molecule has 3 rings (SSSR count). The van der Waals surface area contributed by atoms with E-state index in [1.54, 1.807) is 12.0 Å².